The topological polar surface area (TPSA) is 17.1 Å². The number of hydrogen-bond donors (Lipinski definition) is 0. The van der Waals surface area contributed by atoms with Crippen molar-refractivity contribution in [2.24, 2.45) is 0 Å². The van der Waals surface area contributed by atoms with Crippen LogP contribution in [0.4, 0.5) is 0 Å². The number of allylic oxidation sites excluding steroid dienone is 1. The van der Waals surface area contributed by atoms with Crippen LogP contribution in [-0.2, 0) is 11.2 Å². The molecule has 1 nitrogen and oxygen atoms in total. The lowest BCUT2D eigenvalue weighted by atomic mass is 9.95. The maximum atomic E-state index is 12.8. The van der Waals surface area contributed by atoms with E-state index >= 15 is 0 Å². The molecule has 0 unspecified atom stereocenters. The lowest BCUT2D eigenvalue weighted by Gasteiger charge is -2.08. The molecule has 0 spiro atoms. The van der Waals surface area contributed by atoms with Crippen LogP contribution in [0.25, 0.3) is 11.6 Å². The Balaban J connectivity index is 1.95. The fourth-order valence-corrected chi connectivity index (χ4v) is 2.53. The number of carbonyl (C=O) groups excluding carboxylic acids is 1. The summed E-state index contributed by atoms with van der Waals surface area (Å²) in [5, 5.41) is 0. The summed E-state index contributed by atoms with van der Waals surface area (Å²) in [4.78, 5) is 12.8. The van der Waals surface area contributed by atoms with Crippen molar-refractivity contribution in [3.05, 3.63) is 108 Å². The van der Waals surface area contributed by atoms with Crippen molar-refractivity contribution >= 4 is 17.4 Å². The number of carbonyl (C=O) groups is 1. The molecule has 0 aliphatic carbocycles. The molecule has 23 heavy (non-hydrogen) atoms. The van der Waals surface area contributed by atoms with Gasteiger partial charge >= 0.3 is 0 Å². The largest absolute Gasteiger partial charge is 0.294 e. The maximum Gasteiger partial charge on any atom is 0.167 e. The van der Waals surface area contributed by atoms with Gasteiger partial charge in [-0.15, -0.1) is 0 Å². The normalized spacial score (nSPS) is 11.2. The van der Waals surface area contributed by atoms with Crippen LogP contribution in [0.5, 0.6) is 0 Å². The van der Waals surface area contributed by atoms with E-state index in [1.807, 2.05) is 97.1 Å². The number of rotatable bonds is 5. The molecular weight excluding hydrogens is 280 g/mol. The average Bonchev–Trinajstić information content (AvgIpc) is 2.62. The molecule has 0 saturated heterocycles. The van der Waals surface area contributed by atoms with E-state index in [2.05, 4.69) is 0 Å². The number of Topliss-reactive ketones (excluding diaryl/α,β-unsaturated/α-hetero) is 1. The molecule has 0 bridgehead atoms. The van der Waals surface area contributed by atoms with Crippen molar-refractivity contribution in [1.82, 2.24) is 0 Å². The Labute approximate surface area is 136 Å². The van der Waals surface area contributed by atoms with Gasteiger partial charge in [0, 0.05) is 12.0 Å². The number of ketones is 1. The Bertz CT molecular complexity index is 787. The predicted molar refractivity (Wildman–Crippen MR) is 95.9 cm³/mol. The quantitative estimate of drug-likeness (QED) is 0.476. The first-order valence-electron chi connectivity index (χ1n) is 7.72. The van der Waals surface area contributed by atoms with Crippen molar-refractivity contribution in [3.63, 3.8) is 0 Å². The van der Waals surface area contributed by atoms with Crippen LogP contribution in [-0.4, -0.2) is 5.78 Å². The first kappa shape index (κ1) is 15.0. The molecule has 3 aromatic rings. The molecule has 0 aliphatic heterocycles. The molecule has 0 amide bonds. The molecule has 0 aliphatic rings. The van der Waals surface area contributed by atoms with E-state index in [1.165, 1.54) is 0 Å². The second-order valence-corrected chi connectivity index (χ2v) is 5.42. The van der Waals surface area contributed by atoms with Gasteiger partial charge in [0.25, 0.3) is 0 Å². The monoisotopic (exact) mass is 298 g/mol. The Hall–Kier alpha value is -2.93. The lowest BCUT2D eigenvalue weighted by molar-refractivity contribution is -0.113. The summed E-state index contributed by atoms with van der Waals surface area (Å²) in [6.45, 7) is 0. The van der Waals surface area contributed by atoms with E-state index in [0.717, 1.165) is 22.3 Å². The average molecular weight is 298 g/mol. The summed E-state index contributed by atoms with van der Waals surface area (Å²) < 4.78 is 0. The predicted octanol–water partition coefficient (Wildman–Crippen LogP) is 5.04. The van der Waals surface area contributed by atoms with E-state index in [9.17, 15) is 4.79 Å². The second kappa shape index (κ2) is 7.37. The Kier molecular flexibility index (Phi) is 4.80. The minimum atomic E-state index is 0.131. The lowest BCUT2D eigenvalue weighted by Crippen LogP contribution is -2.05. The van der Waals surface area contributed by atoms with Crippen LogP contribution >= 0.6 is 0 Å². The van der Waals surface area contributed by atoms with Gasteiger partial charge in [0.05, 0.1) is 0 Å². The van der Waals surface area contributed by atoms with Gasteiger partial charge in [0.15, 0.2) is 5.78 Å². The van der Waals surface area contributed by atoms with Crippen molar-refractivity contribution in [2.45, 2.75) is 6.42 Å². The van der Waals surface area contributed by atoms with Gasteiger partial charge in [-0.2, -0.15) is 0 Å². The number of benzene rings is 3. The zero-order valence-corrected chi connectivity index (χ0v) is 12.9. The minimum absolute atomic E-state index is 0.131. The Morgan fingerprint density at radius 2 is 1.22 bits per heavy atom. The highest BCUT2D eigenvalue weighted by Crippen LogP contribution is 2.21. The summed E-state index contributed by atoms with van der Waals surface area (Å²) in [7, 11) is 0. The fraction of sp³-hybridized carbons (Fsp3) is 0.0455. The smallest absolute Gasteiger partial charge is 0.167 e. The standard InChI is InChI=1S/C22H18O/c23-22(17-19-12-6-2-7-13-19)21(20-14-8-3-9-15-20)16-18-10-4-1-5-11-18/h1-16H,17H2/b21-16-. The molecule has 0 fully saturated rings. The van der Waals surface area contributed by atoms with Gasteiger partial charge in [0.2, 0.25) is 0 Å². The summed E-state index contributed by atoms with van der Waals surface area (Å²) in [6.07, 6.45) is 2.38. The van der Waals surface area contributed by atoms with Crippen LogP contribution in [0.1, 0.15) is 16.7 Å². The summed E-state index contributed by atoms with van der Waals surface area (Å²) in [5.41, 5.74) is 3.78. The molecule has 1 heteroatoms. The molecule has 0 atom stereocenters. The Morgan fingerprint density at radius 3 is 1.83 bits per heavy atom. The highest BCUT2D eigenvalue weighted by Gasteiger charge is 2.12. The van der Waals surface area contributed by atoms with Gasteiger partial charge in [-0.3, -0.25) is 4.79 Å². The van der Waals surface area contributed by atoms with E-state index in [-0.39, 0.29) is 5.78 Å². The third kappa shape index (κ3) is 4.04. The highest BCUT2D eigenvalue weighted by molar-refractivity contribution is 6.25. The molecule has 3 rings (SSSR count). The second-order valence-electron chi connectivity index (χ2n) is 5.42. The molecule has 3 aromatic carbocycles. The third-order valence-corrected chi connectivity index (χ3v) is 3.70. The van der Waals surface area contributed by atoms with Gasteiger partial charge in [-0.1, -0.05) is 91.0 Å². The summed E-state index contributed by atoms with van der Waals surface area (Å²) in [5.74, 6) is 0.131. The SMILES string of the molecule is O=C(Cc1ccccc1)/C(=C\c1ccccc1)c1ccccc1. The van der Waals surface area contributed by atoms with Crippen LogP contribution in [0.2, 0.25) is 0 Å². The first-order chi connectivity index (χ1) is 11.3. The maximum absolute atomic E-state index is 12.8. The molecule has 0 heterocycles. The van der Waals surface area contributed by atoms with Gasteiger partial charge in [-0.05, 0) is 22.8 Å². The molecule has 0 radical (unpaired) electrons. The molecular formula is C22H18O. The zero-order valence-electron chi connectivity index (χ0n) is 12.9. The van der Waals surface area contributed by atoms with Crippen LogP contribution in [0.15, 0.2) is 91.0 Å². The van der Waals surface area contributed by atoms with Crippen LogP contribution in [0, 0.1) is 0 Å². The fourth-order valence-electron chi connectivity index (χ4n) is 2.53. The van der Waals surface area contributed by atoms with Crippen LogP contribution < -0.4 is 0 Å². The highest BCUT2D eigenvalue weighted by atomic mass is 16.1. The van der Waals surface area contributed by atoms with E-state index in [1.54, 1.807) is 0 Å². The molecule has 112 valence electrons. The van der Waals surface area contributed by atoms with E-state index in [4.69, 9.17) is 0 Å². The van der Waals surface area contributed by atoms with Crippen LogP contribution in [0.3, 0.4) is 0 Å². The van der Waals surface area contributed by atoms with E-state index in [0.29, 0.717) is 6.42 Å². The van der Waals surface area contributed by atoms with Gasteiger partial charge < -0.3 is 0 Å². The van der Waals surface area contributed by atoms with Crippen molar-refractivity contribution in [1.29, 1.82) is 0 Å². The first-order valence-corrected chi connectivity index (χ1v) is 7.72. The number of hydrogen-bond acceptors (Lipinski definition) is 1. The molecule has 0 aromatic heterocycles. The van der Waals surface area contributed by atoms with Gasteiger partial charge in [-0.25, -0.2) is 0 Å². The van der Waals surface area contributed by atoms with E-state index < -0.39 is 0 Å². The molecule has 0 N–H and O–H groups in total. The Morgan fingerprint density at radius 1 is 0.696 bits per heavy atom. The van der Waals surface area contributed by atoms with Crippen molar-refractivity contribution in [2.75, 3.05) is 0 Å². The van der Waals surface area contributed by atoms with Crippen molar-refractivity contribution in [3.8, 4) is 0 Å². The van der Waals surface area contributed by atoms with Gasteiger partial charge in [0.1, 0.15) is 0 Å². The zero-order chi connectivity index (χ0) is 15.9. The molecule has 0 saturated carbocycles. The third-order valence-electron chi connectivity index (χ3n) is 3.70. The summed E-state index contributed by atoms with van der Waals surface area (Å²) in [6, 6.07) is 29.7. The van der Waals surface area contributed by atoms with Crippen molar-refractivity contribution < 1.29 is 4.79 Å². The summed E-state index contributed by atoms with van der Waals surface area (Å²) >= 11 is 0. The minimum Gasteiger partial charge on any atom is -0.294 e.